The van der Waals surface area contributed by atoms with Crippen LogP contribution in [-0.4, -0.2) is 36.4 Å². The number of hydrogen-bond acceptors (Lipinski definition) is 7. The molecule has 156 valence electrons. The van der Waals surface area contributed by atoms with Gasteiger partial charge in [-0.1, -0.05) is 55.1 Å². The summed E-state index contributed by atoms with van der Waals surface area (Å²) >= 11 is 0. The van der Waals surface area contributed by atoms with Crippen molar-refractivity contribution < 1.29 is 28.8 Å². The molecular formula is C22H21NO7. The quantitative estimate of drug-likeness (QED) is 0.155. The smallest absolute Gasteiger partial charge is 0.333 e. The number of rotatable bonds is 9. The molecule has 0 amide bonds. The first-order valence-electron chi connectivity index (χ1n) is 9.09. The normalized spacial score (nSPS) is 12.3. The summed E-state index contributed by atoms with van der Waals surface area (Å²) in [5.41, 5.74) is -0.450. The Kier molecular flexibility index (Phi) is 7.57. The van der Waals surface area contributed by atoms with Gasteiger partial charge >= 0.3 is 11.9 Å². The number of nitro benzene ring substituents is 1. The molecule has 2 rings (SSSR count). The predicted molar refractivity (Wildman–Crippen MR) is 108 cm³/mol. The molecule has 0 aliphatic carbocycles. The zero-order valence-electron chi connectivity index (χ0n) is 16.6. The number of ether oxygens (including phenoxy) is 2. The highest BCUT2D eigenvalue weighted by Gasteiger charge is 2.43. The fourth-order valence-corrected chi connectivity index (χ4v) is 3.15. The van der Waals surface area contributed by atoms with Gasteiger partial charge in [0.15, 0.2) is 5.78 Å². The lowest BCUT2D eigenvalue weighted by molar-refractivity contribution is -0.385. The second kappa shape index (κ2) is 10.1. The van der Waals surface area contributed by atoms with E-state index in [0.717, 1.165) is 7.11 Å². The van der Waals surface area contributed by atoms with Crippen molar-refractivity contribution >= 4 is 23.4 Å². The minimum Gasteiger partial charge on any atom is -0.466 e. The SMILES string of the molecule is C=C(C(=O)OC)C(c1ccccc1[N+](=O)[O-])C(C(=O)OCC)C(=O)c1ccccc1. The Labute approximate surface area is 173 Å². The van der Waals surface area contributed by atoms with Crippen LogP contribution in [0.3, 0.4) is 0 Å². The molecule has 0 aliphatic rings. The van der Waals surface area contributed by atoms with Crippen LogP contribution in [0.5, 0.6) is 0 Å². The molecule has 2 aromatic rings. The fraction of sp³-hybridized carbons (Fsp3) is 0.227. The molecule has 0 saturated heterocycles. The van der Waals surface area contributed by atoms with Crippen molar-refractivity contribution in [1.29, 1.82) is 0 Å². The Morgan fingerprint density at radius 3 is 2.23 bits per heavy atom. The molecule has 2 aromatic carbocycles. The second-order valence-electron chi connectivity index (χ2n) is 6.27. The third-order valence-electron chi connectivity index (χ3n) is 4.51. The summed E-state index contributed by atoms with van der Waals surface area (Å²) in [6.45, 7) is 5.23. The molecule has 0 radical (unpaired) electrons. The molecule has 30 heavy (non-hydrogen) atoms. The molecular weight excluding hydrogens is 390 g/mol. The van der Waals surface area contributed by atoms with Crippen LogP contribution in [0.1, 0.15) is 28.8 Å². The average Bonchev–Trinajstić information content (AvgIpc) is 2.76. The van der Waals surface area contributed by atoms with E-state index in [1.807, 2.05) is 0 Å². The van der Waals surface area contributed by atoms with Crippen molar-refractivity contribution in [2.45, 2.75) is 12.8 Å². The van der Waals surface area contributed by atoms with Gasteiger partial charge in [-0.2, -0.15) is 0 Å². The second-order valence-corrected chi connectivity index (χ2v) is 6.27. The number of hydrogen-bond donors (Lipinski definition) is 0. The Hall–Kier alpha value is -3.81. The number of methoxy groups -OCH3 is 1. The number of para-hydroxylation sites is 1. The van der Waals surface area contributed by atoms with Gasteiger partial charge in [-0.05, 0) is 6.92 Å². The zero-order chi connectivity index (χ0) is 22.3. The summed E-state index contributed by atoms with van der Waals surface area (Å²) in [6, 6.07) is 13.5. The molecule has 2 atom stereocenters. The fourth-order valence-electron chi connectivity index (χ4n) is 3.15. The van der Waals surface area contributed by atoms with Crippen LogP contribution in [0.4, 0.5) is 5.69 Å². The molecule has 8 heteroatoms. The third kappa shape index (κ3) is 4.78. The van der Waals surface area contributed by atoms with E-state index in [4.69, 9.17) is 9.47 Å². The minimum absolute atomic E-state index is 0.0137. The van der Waals surface area contributed by atoms with Crippen LogP contribution >= 0.6 is 0 Å². The summed E-state index contributed by atoms with van der Waals surface area (Å²) < 4.78 is 9.81. The summed E-state index contributed by atoms with van der Waals surface area (Å²) in [5, 5.41) is 11.6. The molecule has 2 unspecified atom stereocenters. The van der Waals surface area contributed by atoms with E-state index in [1.165, 1.54) is 36.4 Å². The van der Waals surface area contributed by atoms with E-state index in [0.29, 0.717) is 0 Å². The number of carbonyl (C=O) groups excluding carboxylic acids is 3. The van der Waals surface area contributed by atoms with Gasteiger partial charge in [-0.15, -0.1) is 0 Å². The predicted octanol–water partition coefficient (Wildman–Crippen LogP) is 3.47. The monoisotopic (exact) mass is 411 g/mol. The lowest BCUT2D eigenvalue weighted by Crippen LogP contribution is -2.35. The number of Topliss-reactive ketones (excluding diaryl/α,β-unsaturated/α-hetero) is 1. The van der Waals surface area contributed by atoms with Crippen molar-refractivity contribution in [3.05, 3.63) is 88.0 Å². The zero-order valence-corrected chi connectivity index (χ0v) is 16.6. The van der Waals surface area contributed by atoms with Crippen molar-refractivity contribution in [1.82, 2.24) is 0 Å². The van der Waals surface area contributed by atoms with Gasteiger partial charge < -0.3 is 9.47 Å². The van der Waals surface area contributed by atoms with Crippen molar-refractivity contribution in [2.24, 2.45) is 5.92 Å². The summed E-state index contributed by atoms with van der Waals surface area (Å²) in [6.07, 6.45) is 0. The van der Waals surface area contributed by atoms with E-state index < -0.39 is 34.5 Å². The van der Waals surface area contributed by atoms with Crippen molar-refractivity contribution in [2.75, 3.05) is 13.7 Å². The molecule has 0 spiro atoms. The van der Waals surface area contributed by atoms with Crippen molar-refractivity contribution in [3.8, 4) is 0 Å². The van der Waals surface area contributed by atoms with Gasteiger partial charge in [0.1, 0.15) is 5.92 Å². The molecule has 0 heterocycles. The maximum atomic E-state index is 13.3. The highest BCUT2D eigenvalue weighted by Crippen LogP contribution is 2.39. The highest BCUT2D eigenvalue weighted by atomic mass is 16.6. The van der Waals surface area contributed by atoms with Crippen LogP contribution in [-0.2, 0) is 19.1 Å². The molecule has 0 fully saturated rings. The van der Waals surface area contributed by atoms with Gasteiger partial charge in [-0.25, -0.2) is 4.79 Å². The summed E-state index contributed by atoms with van der Waals surface area (Å²) in [7, 11) is 1.11. The largest absolute Gasteiger partial charge is 0.466 e. The summed E-state index contributed by atoms with van der Waals surface area (Å²) in [5.74, 6) is -5.39. The number of nitrogens with zero attached hydrogens (tertiary/aromatic N) is 1. The topological polar surface area (TPSA) is 113 Å². The summed E-state index contributed by atoms with van der Waals surface area (Å²) in [4.78, 5) is 49.4. The average molecular weight is 411 g/mol. The molecule has 0 bridgehead atoms. The van der Waals surface area contributed by atoms with E-state index in [1.54, 1.807) is 25.1 Å². The lowest BCUT2D eigenvalue weighted by atomic mass is 9.76. The van der Waals surface area contributed by atoms with E-state index in [-0.39, 0.29) is 29.0 Å². The first-order valence-corrected chi connectivity index (χ1v) is 9.09. The molecule has 0 N–H and O–H groups in total. The number of nitro groups is 1. The minimum atomic E-state index is -1.57. The number of esters is 2. The standard InChI is InChI=1S/C22H21NO7/c1-4-30-22(26)19(20(24)15-10-6-5-7-11-15)18(14(2)21(25)29-3)16-12-8-9-13-17(16)23(27)28/h5-13,18-19H,2,4H2,1,3H3. The number of ketones is 1. The van der Waals surface area contributed by atoms with E-state index >= 15 is 0 Å². The highest BCUT2D eigenvalue weighted by molar-refractivity contribution is 6.11. The van der Waals surface area contributed by atoms with Crippen LogP contribution in [0.2, 0.25) is 0 Å². The Bertz CT molecular complexity index is 968. The van der Waals surface area contributed by atoms with E-state index in [2.05, 4.69) is 6.58 Å². The van der Waals surface area contributed by atoms with Gasteiger partial charge in [0.05, 0.1) is 18.6 Å². The van der Waals surface area contributed by atoms with Crippen LogP contribution in [0, 0.1) is 16.0 Å². The van der Waals surface area contributed by atoms with Gasteiger partial charge in [0, 0.05) is 28.7 Å². The van der Waals surface area contributed by atoms with Gasteiger partial charge in [-0.3, -0.25) is 19.7 Å². The lowest BCUT2D eigenvalue weighted by Gasteiger charge is -2.25. The number of carbonyl (C=O) groups is 3. The van der Waals surface area contributed by atoms with Crippen LogP contribution in [0.15, 0.2) is 66.7 Å². The van der Waals surface area contributed by atoms with Crippen molar-refractivity contribution in [3.63, 3.8) is 0 Å². The van der Waals surface area contributed by atoms with Crippen LogP contribution in [0.25, 0.3) is 0 Å². The van der Waals surface area contributed by atoms with E-state index in [9.17, 15) is 24.5 Å². The first-order chi connectivity index (χ1) is 14.3. The van der Waals surface area contributed by atoms with Gasteiger partial charge in [0.25, 0.3) is 5.69 Å². The third-order valence-corrected chi connectivity index (χ3v) is 4.51. The maximum Gasteiger partial charge on any atom is 0.333 e. The maximum absolute atomic E-state index is 13.3. The Morgan fingerprint density at radius 2 is 1.67 bits per heavy atom. The molecule has 0 aliphatic heterocycles. The molecule has 0 aromatic heterocycles. The Balaban J connectivity index is 2.74. The Morgan fingerprint density at radius 1 is 1.07 bits per heavy atom. The molecule has 0 saturated carbocycles. The molecule has 8 nitrogen and oxygen atoms in total. The van der Waals surface area contributed by atoms with Crippen LogP contribution < -0.4 is 0 Å². The first kappa shape index (κ1) is 22.5. The van der Waals surface area contributed by atoms with Gasteiger partial charge in [0.2, 0.25) is 0 Å². The number of benzene rings is 2.